The van der Waals surface area contributed by atoms with Gasteiger partial charge in [-0.2, -0.15) is 13.2 Å². The highest BCUT2D eigenvalue weighted by Gasteiger charge is 2.34. The number of benzene rings is 2. The van der Waals surface area contributed by atoms with Crippen molar-refractivity contribution in [3.63, 3.8) is 0 Å². The summed E-state index contributed by atoms with van der Waals surface area (Å²) < 4.78 is 39.0. The Hall–Kier alpha value is -2.87. The van der Waals surface area contributed by atoms with Crippen LogP contribution in [0.1, 0.15) is 18.1 Å². The number of nitrogens with one attached hydrogen (secondary N) is 3. The second-order valence-corrected chi connectivity index (χ2v) is 6.54. The van der Waals surface area contributed by atoms with Crippen molar-refractivity contribution in [1.82, 2.24) is 5.32 Å². The second-order valence-electron chi connectivity index (χ2n) is 6.54. The van der Waals surface area contributed by atoms with Crippen LogP contribution in [0, 0.1) is 0 Å². The number of likely N-dealkylation sites (N-methyl/N-ethyl adjacent to an activating group) is 1. The van der Waals surface area contributed by atoms with E-state index in [0.717, 1.165) is 11.6 Å². The van der Waals surface area contributed by atoms with Gasteiger partial charge in [-0.1, -0.05) is 42.5 Å². The van der Waals surface area contributed by atoms with Crippen molar-refractivity contribution in [3.05, 3.63) is 65.7 Å². The topological polar surface area (TPSA) is 62.6 Å². The van der Waals surface area contributed by atoms with Crippen molar-refractivity contribution in [2.24, 2.45) is 0 Å². The number of anilines is 1. The van der Waals surface area contributed by atoms with Crippen LogP contribution in [0.2, 0.25) is 0 Å². The highest BCUT2D eigenvalue weighted by Crippen LogP contribution is 2.34. The fourth-order valence-electron chi connectivity index (χ4n) is 2.60. The zero-order valence-corrected chi connectivity index (χ0v) is 15.6. The van der Waals surface area contributed by atoms with Crippen molar-refractivity contribution >= 4 is 17.5 Å². The van der Waals surface area contributed by atoms with Gasteiger partial charge in [0.1, 0.15) is 0 Å². The number of amides is 2. The number of carbonyl (C=O) groups is 2. The maximum atomic E-state index is 13.0. The minimum atomic E-state index is -4.56. The molecule has 0 bridgehead atoms. The zero-order valence-electron chi connectivity index (χ0n) is 15.6. The molecule has 0 fully saturated rings. The number of alkyl halides is 3. The molecule has 2 aromatic carbocycles. The number of quaternary nitrogens is 1. The molecule has 0 saturated heterocycles. The summed E-state index contributed by atoms with van der Waals surface area (Å²) in [7, 11) is 1.64. The molecule has 5 nitrogen and oxygen atoms in total. The van der Waals surface area contributed by atoms with Crippen LogP contribution in [0.5, 0.6) is 0 Å². The second kappa shape index (κ2) is 9.36. The van der Waals surface area contributed by atoms with E-state index >= 15 is 0 Å². The average Bonchev–Trinajstić information content (AvgIpc) is 2.65. The quantitative estimate of drug-likeness (QED) is 0.671. The molecule has 0 spiro atoms. The number of halogens is 3. The van der Waals surface area contributed by atoms with Crippen molar-refractivity contribution in [2.75, 3.05) is 18.9 Å². The van der Waals surface area contributed by atoms with Gasteiger partial charge in [-0.15, -0.1) is 0 Å². The minimum absolute atomic E-state index is 0.147. The Balaban J connectivity index is 1.90. The average molecular weight is 394 g/mol. The van der Waals surface area contributed by atoms with E-state index in [1.165, 1.54) is 18.2 Å². The van der Waals surface area contributed by atoms with E-state index in [1.54, 1.807) is 14.0 Å². The molecule has 0 aromatic heterocycles. The molecular weight excluding hydrogens is 371 g/mol. The standard InChI is InChI=1S/C20H22F3N3O2/c1-14(19(28)24-12-15-8-4-3-5-9-15)26(2)13-18(27)25-17-11-7-6-10-16(17)20(21,22)23/h3-11,14H,12-13H2,1-2H3,(H,24,28)(H,25,27)/p+1/t14-/m1/s1. The van der Waals surface area contributed by atoms with Crippen molar-refractivity contribution < 1.29 is 27.7 Å². The Bertz CT molecular complexity index is 810. The molecule has 2 atom stereocenters. The van der Waals surface area contributed by atoms with E-state index in [2.05, 4.69) is 10.6 Å². The summed E-state index contributed by atoms with van der Waals surface area (Å²) in [6.07, 6.45) is -4.56. The third kappa shape index (κ3) is 6.09. The number of rotatable bonds is 7. The van der Waals surface area contributed by atoms with Crippen LogP contribution in [-0.4, -0.2) is 31.4 Å². The van der Waals surface area contributed by atoms with Crippen molar-refractivity contribution in [1.29, 1.82) is 0 Å². The Kier molecular flexibility index (Phi) is 7.17. The smallest absolute Gasteiger partial charge is 0.347 e. The van der Waals surface area contributed by atoms with E-state index in [-0.39, 0.29) is 18.1 Å². The van der Waals surface area contributed by atoms with Gasteiger partial charge in [-0.25, -0.2) is 0 Å². The van der Waals surface area contributed by atoms with E-state index in [0.29, 0.717) is 11.4 Å². The fourth-order valence-corrected chi connectivity index (χ4v) is 2.60. The van der Waals surface area contributed by atoms with E-state index < -0.39 is 23.7 Å². The molecule has 0 heterocycles. The monoisotopic (exact) mass is 394 g/mol. The van der Waals surface area contributed by atoms with Gasteiger partial charge in [0, 0.05) is 6.54 Å². The first kappa shape index (κ1) is 21.4. The summed E-state index contributed by atoms with van der Waals surface area (Å²) in [5.41, 5.74) is -0.258. The lowest BCUT2D eigenvalue weighted by molar-refractivity contribution is -0.885. The molecule has 3 N–H and O–H groups in total. The van der Waals surface area contributed by atoms with Gasteiger partial charge in [0.25, 0.3) is 11.8 Å². The lowest BCUT2D eigenvalue weighted by Crippen LogP contribution is -3.15. The number of hydrogen-bond donors (Lipinski definition) is 3. The van der Waals surface area contributed by atoms with Gasteiger partial charge in [0.2, 0.25) is 0 Å². The predicted molar refractivity (Wildman–Crippen MR) is 99.6 cm³/mol. The van der Waals surface area contributed by atoms with Crippen LogP contribution in [0.4, 0.5) is 18.9 Å². The fraction of sp³-hybridized carbons (Fsp3) is 0.300. The molecule has 0 aliphatic rings. The first-order chi connectivity index (χ1) is 13.2. The lowest BCUT2D eigenvalue weighted by Gasteiger charge is -2.21. The third-order valence-electron chi connectivity index (χ3n) is 4.39. The molecule has 0 saturated carbocycles. The first-order valence-electron chi connectivity index (χ1n) is 8.78. The number of para-hydroxylation sites is 1. The molecule has 28 heavy (non-hydrogen) atoms. The maximum Gasteiger partial charge on any atom is 0.418 e. The predicted octanol–water partition coefficient (Wildman–Crippen LogP) is 1.86. The molecule has 2 aromatic rings. The van der Waals surface area contributed by atoms with E-state index in [9.17, 15) is 22.8 Å². The summed E-state index contributed by atoms with van der Waals surface area (Å²) in [4.78, 5) is 25.0. The van der Waals surface area contributed by atoms with E-state index in [4.69, 9.17) is 0 Å². The van der Waals surface area contributed by atoms with Gasteiger partial charge in [-0.3, -0.25) is 9.59 Å². The Morgan fingerprint density at radius 3 is 2.29 bits per heavy atom. The van der Waals surface area contributed by atoms with Gasteiger partial charge < -0.3 is 15.5 Å². The minimum Gasteiger partial charge on any atom is -0.347 e. The van der Waals surface area contributed by atoms with Crippen LogP contribution in [0.15, 0.2) is 54.6 Å². The van der Waals surface area contributed by atoms with Crippen LogP contribution in [0.3, 0.4) is 0 Å². The molecule has 2 amide bonds. The SMILES string of the molecule is C[C@H](C(=O)NCc1ccccc1)[NH+](C)CC(=O)Nc1ccccc1C(F)(F)F. The molecule has 8 heteroatoms. The highest BCUT2D eigenvalue weighted by molar-refractivity contribution is 5.92. The van der Waals surface area contributed by atoms with Gasteiger partial charge in [0.05, 0.1) is 18.3 Å². The van der Waals surface area contributed by atoms with Crippen LogP contribution in [-0.2, 0) is 22.3 Å². The van der Waals surface area contributed by atoms with E-state index in [1.807, 2.05) is 30.3 Å². The van der Waals surface area contributed by atoms with Gasteiger partial charge >= 0.3 is 6.18 Å². The summed E-state index contributed by atoms with van der Waals surface area (Å²) in [6, 6.07) is 13.6. The Labute approximate surface area is 161 Å². The maximum absolute atomic E-state index is 13.0. The zero-order chi connectivity index (χ0) is 20.7. The Morgan fingerprint density at radius 2 is 1.64 bits per heavy atom. The van der Waals surface area contributed by atoms with Gasteiger partial charge in [-0.05, 0) is 24.6 Å². The number of carbonyl (C=O) groups excluding carboxylic acids is 2. The Morgan fingerprint density at radius 1 is 1.04 bits per heavy atom. The van der Waals surface area contributed by atoms with Crippen molar-refractivity contribution in [3.8, 4) is 0 Å². The molecule has 0 aliphatic heterocycles. The molecular formula is C20H23F3N3O2+. The molecule has 0 radical (unpaired) electrons. The molecule has 150 valence electrons. The molecule has 1 unspecified atom stereocenters. The number of hydrogen-bond acceptors (Lipinski definition) is 2. The van der Waals surface area contributed by atoms with Crippen LogP contribution < -0.4 is 15.5 Å². The van der Waals surface area contributed by atoms with Crippen LogP contribution in [0.25, 0.3) is 0 Å². The van der Waals surface area contributed by atoms with Gasteiger partial charge in [0.15, 0.2) is 12.6 Å². The summed E-state index contributed by atoms with van der Waals surface area (Å²) in [6.45, 7) is 1.88. The van der Waals surface area contributed by atoms with Crippen LogP contribution >= 0.6 is 0 Å². The summed E-state index contributed by atoms with van der Waals surface area (Å²) >= 11 is 0. The first-order valence-corrected chi connectivity index (χ1v) is 8.78. The molecule has 2 rings (SSSR count). The largest absolute Gasteiger partial charge is 0.418 e. The summed E-state index contributed by atoms with van der Waals surface area (Å²) in [5.74, 6) is -0.846. The van der Waals surface area contributed by atoms with Crippen molar-refractivity contribution in [2.45, 2.75) is 25.7 Å². The molecule has 0 aliphatic carbocycles. The lowest BCUT2D eigenvalue weighted by atomic mass is 10.1. The third-order valence-corrected chi connectivity index (χ3v) is 4.39. The highest BCUT2D eigenvalue weighted by atomic mass is 19.4. The normalized spacial score (nSPS) is 13.5. The summed E-state index contributed by atoms with van der Waals surface area (Å²) in [5, 5.41) is 5.08.